The topological polar surface area (TPSA) is 83.2 Å². The van der Waals surface area contributed by atoms with Crippen molar-refractivity contribution in [3.05, 3.63) is 83.8 Å². The van der Waals surface area contributed by atoms with Crippen LogP contribution >= 0.6 is 0 Å². The van der Waals surface area contributed by atoms with Gasteiger partial charge in [-0.2, -0.15) is 0 Å². The second kappa shape index (κ2) is 10.8. The largest absolute Gasteiger partial charge is 0.507 e. The Labute approximate surface area is 223 Å². The molecule has 0 aliphatic carbocycles. The highest BCUT2D eigenvalue weighted by atomic mass is 16.5. The Kier molecular flexibility index (Phi) is 7.27. The van der Waals surface area contributed by atoms with Crippen LogP contribution in [-0.2, 0) is 9.59 Å². The average molecular weight is 515 g/mol. The number of nitrogens with zero attached hydrogens (tertiary/aromatic N) is 2. The third-order valence-electron chi connectivity index (χ3n) is 7.24. The summed E-state index contributed by atoms with van der Waals surface area (Å²) in [5.74, 6) is 0.474. The van der Waals surface area contributed by atoms with Crippen LogP contribution in [0.1, 0.15) is 51.0 Å². The fourth-order valence-electron chi connectivity index (χ4n) is 5.03. The van der Waals surface area contributed by atoms with Gasteiger partial charge in [0.05, 0.1) is 18.4 Å². The quantitative estimate of drug-likeness (QED) is 0.230. The van der Waals surface area contributed by atoms with E-state index in [0.717, 1.165) is 37.5 Å². The molecule has 7 heteroatoms. The Morgan fingerprint density at radius 2 is 1.66 bits per heavy atom. The van der Waals surface area contributed by atoms with Gasteiger partial charge in [-0.3, -0.25) is 14.5 Å². The Morgan fingerprint density at radius 1 is 1.00 bits per heavy atom. The zero-order chi connectivity index (χ0) is 26.8. The summed E-state index contributed by atoms with van der Waals surface area (Å²) in [6, 6.07) is 17.1. The molecule has 1 unspecified atom stereocenters. The number of benzene rings is 2. The van der Waals surface area contributed by atoms with Gasteiger partial charge in [0.1, 0.15) is 23.3 Å². The number of rotatable bonds is 7. The summed E-state index contributed by atoms with van der Waals surface area (Å²) in [5, 5.41) is 11.3. The van der Waals surface area contributed by atoms with Gasteiger partial charge in [0, 0.05) is 30.0 Å². The molecular weight excluding hydrogens is 480 g/mol. The summed E-state index contributed by atoms with van der Waals surface area (Å²) in [6.45, 7) is 8.98. The van der Waals surface area contributed by atoms with Crippen LogP contribution in [0.4, 0.5) is 11.4 Å². The van der Waals surface area contributed by atoms with E-state index in [1.165, 1.54) is 11.2 Å². The molecule has 3 heterocycles. The molecule has 2 aliphatic heterocycles. The van der Waals surface area contributed by atoms with Crippen molar-refractivity contribution in [2.75, 3.05) is 29.5 Å². The Balaban J connectivity index is 1.48. The Hall–Kier alpha value is -4.00. The van der Waals surface area contributed by atoms with E-state index in [-0.39, 0.29) is 11.3 Å². The summed E-state index contributed by atoms with van der Waals surface area (Å²) in [6.07, 6.45) is 3.80. The van der Waals surface area contributed by atoms with Crippen molar-refractivity contribution in [3.8, 4) is 5.75 Å². The summed E-state index contributed by atoms with van der Waals surface area (Å²) < 4.78 is 11.4. The highest BCUT2D eigenvalue weighted by Gasteiger charge is 2.48. The third-order valence-corrected chi connectivity index (χ3v) is 7.24. The number of furan rings is 1. The van der Waals surface area contributed by atoms with E-state index in [0.29, 0.717) is 35.3 Å². The van der Waals surface area contributed by atoms with E-state index in [4.69, 9.17) is 9.15 Å². The molecule has 2 aromatic carbocycles. The van der Waals surface area contributed by atoms with Crippen LogP contribution in [0, 0.1) is 11.8 Å². The highest BCUT2D eigenvalue weighted by molar-refractivity contribution is 6.51. The standard InChI is InChI=1S/C31H34N2O5/c1-20(2)19-38-25-12-6-22(7-13-25)29(34)27-28(26-5-4-18-37-26)33(31(36)30(27)35)24-10-8-23(9-11-24)32-16-14-21(3)15-17-32/h4-13,18,20-21,28,34H,14-17,19H2,1-3H3/b29-27-. The molecule has 2 saturated heterocycles. The molecule has 1 amide bonds. The summed E-state index contributed by atoms with van der Waals surface area (Å²) in [5.41, 5.74) is 2.08. The highest BCUT2D eigenvalue weighted by Crippen LogP contribution is 2.42. The fraction of sp³-hybridized carbons (Fsp3) is 0.355. The molecule has 1 N–H and O–H groups in total. The Morgan fingerprint density at radius 3 is 2.26 bits per heavy atom. The van der Waals surface area contributed by atoms with Gasteiger partial charge in [-0.15, -0.1) is 0 Å². The van der Waals surface area contributed by atoms with Crippen molar-refractivity contribution in [3.63, 3.8) is 0 Å². The van der Waals surface area contributed by atoms with Crippen molar-refractivity contribution in [2.45, 2.75) is 39.7 Å². The summed E-state index contributed by atoms with van der Waals surface area (Å²) in [7, 11) is 0. The number of carbonyl (C=O) groups is 2. The van der Waals surface area contributed by atoms with Crippen molar-refractivity contribution < 1.29 is 23.8 Å². The Bertz CT molecular complexity index is 1300. The van der Waals surface area contributed by atoms with E-state index in [1.807, 2.05) is 24.3 Å². The van der Waals surface area contributed by atoms with Gasteiger partial charge in [0.25, 0.3) is 11.7 Å². The second-order valence-corrected chi connectivity index (χ2v) is 10.6. The minimum absolute atomic E-state index is 0.00473. The maximum Gasteiger partial charge on any atom is 0.300 e. The minimum Gasteiger partial charge on any atom is -0.507 e. The zero-order valence-corrected chi connectivity index (χ0v) is 22.1. The zero-order valence-electron chi connectivity index (χ0n) is 22.1. The third kappa shape index (κ3) is 5.05. The van der Waals surface area contributed by atoms with Crippen LogP contribution in [0.25, 0.3) is 5.76 Å². The predicted octanol–water partition coefficient (Wildman–Crippen LogP) is 6.18. The number of aliphatic hydroxyl groups excluding tert-OH is 1. The maximum atomic E-state index is 13.3. The number of carbonyl (C=O) groups excluding carboxylic acids is 2. The van der Waals surface area contributed by atoms with Gasteiger partial charge in [0.2, 0.25) is 0 Å². The number of aliphatic hydroxyl groups is 1. The van der Waals surface area contributed by atoms with Gasteiger partial charge >= 0.3 is 0 Å². The van der Waals surface area contributed by atoms with E-state index in [9.17, 15) is 14.7 Å². The van der Waals surface area contributed by atoms with Crippen LogP contribution in [0.2, 0.25) is 0 Å². The smallest absolute Gasteiger partial charge is 0.300 e. The van der Waals surface area contributed by atoms with E-state index in [2.05, 4.69) is 25.7 Å². The number of ether oxygens (including phenoxy) is 1. The molecular formula is C31H34N2O5. The van der Waals surface area contributed by atoms with E-state index < -0.39 is 17.7 Å². The molecule has 198 valence electrons. The van der Waals surface area contributed by atoms with Crippen molar-refractivity contribution in [1.29, 1.82) is 0 Å². The van der Waals surface area contributed by atoms with Crippen LogP contribution in [0.3, 0.4) is 0 Å². The molecule has 0 bridgehead atoms. The normalized spacial score (nSPS) is 19.9. The van der Waals surface area contributed by atoms with Crippen LogP contribution < -0.4 is 14.5 Å². The van der Waals surface area contributed by atoms with Gasteiger partial charge in [-0.1, -0.05) is 20.8 Å². The fourth-order valence-corrected chi connectivity index (χ4v) is 5.03. The average Bonchev–Trinajstić information content (AvgIpc) is 3.55. The maximum absolute atomic E-state index is 13.3. The van der Waals surface area contributed by atoms with Crippen molar-refractivity contribution >= 4 is 28.8 Å². The van der Waals surface area contributed by atoms with Crippen molar-refractivity contribution in [1.82, 2.24) is 0 Å². The molecule has 0 saturated carbocycles. The number of hydrogen-bond donors (Lipinski definition) is 1. The number of amides is 1. The first kappa shape index (κ1) is 25.6. The van der Waals surface area contributed by atoms with Crippen LogP contribution in [-0.4, -0.2) is 36.5 Å². The van der Waals surface area contributed by atoms with Gasteiger partial charge in [-0.05, 0) is 85.3 Å². The monoisotopic (exact) mass is 514 g/mol. The number of ketones is 1. The molecule has 7 nitrogen and oxygen atoms in total. The molecule has 2 fully saturated rings. The number of piperidine rings is 1. The lowest BCUT2D eigenvalue weighted by atomic mass is 9.98. The summed E-state index contributed by atoms with van der Waals surface area (Å²) in [4.78, 5) is 30.4. The SMILES string of the molecule is CC(C)COc1ccc(/C(O)=C2/C(=O)C(=O)N(c3ccc(N4CCC(C)CC4)cc3)C2c2ccco2)cc1. The van der Waals surface area contributed by atoms with Gasteiger partial charge < -0.3 is 19.2 Å². The lowest BCUT2D eigenvalue weighted by molar-refractivity contribution is -0.132. The van der Waals surface area contributed by atoms with Crippen molar-refractivity contribution in [2.24, 2.45) is 11.8 Å². The molecule has 1 atom stereocenters. The predicted molar refractivity (Wildman–Crippen MR) is 147 cm³/mol. The molecule has 0 radical (unpaired) electrons. The molecule has 0 spiro atoms. The minimum atomic E-state index is -0.886. The summed E-state index contributed by atoms with van der Waals surface area (Å²) >= 11 is 0. The first-order chi connectivity index (χ1) is 18.3. The lowest BCUT2D eigenvalue weighted by Crippen LogP contribution is -2.33. The first-order valence-electron chi connectivity index (χ1n) is 13.3. The first-order valence-corrected chi connectivity index (χ1v) is 13.3. The van der Waals surface area contributed by atoms with Gasteiger partial charge in [0.15, 0.2) is 0 Å². The molecule has 38 heavy (non-hydrogen) atoms. The van der Waals surface area contributed by atoms with Crippen LogP contribution in [0.5, 0.6) is 5.75 Å². The van der Waals surface area contributed by atoms with Crippen LogP contribution in [0.15, 0.2) is 76.9 Å². The second-order valence-electron chi connectivity index (χ2n) is 10.6. The molecule has 1 aromatic heterocycles. The molecule has 5 rings (SSSR count). The van der Waals surface area contributed by atoms with Gasteiger partial charge in [-0.25, -0.2) is 0 Å². The number of anilines is 2. The molecule has 3 aromatic rings. The van der Waals surface area contributed by atoms with E-state index in [1.54, 1.807) is 36.4 Å². The number of hydrogen-bond acceptors (Lipinski definition) is 6. The molecule has 2 aliphatic rings. The lowest BCUT2D eigenvalue weighted by Gasteiger charge is -2.32. The van der Waals surface area contributed by atoms with E-state index >= 15 is 0 Å². The number of Topliss-reactive ketones (excluding diaryl/α,β-unsaturated/α-hetero) is 1.